The number of amides is 2. The molecule has 1 aromatic heterocycles. The molecule has 124 valence electrons. The fourth-order valence-corrected chi connectivity index (χ4v) is 2.22. The summed E-state index contributed by atoms with van der Waals surface area (Å²) in [4.78, 5) is 15.6. The number of carbonyl (C=O) groups excluding carboxylic acids is 1. The summed E-state index contributed by atoms with van der Waals surface area (Å²) >= 11 is 0. The van der Waals surface area contributed by atoms with E-state index in [1.165, 1.54) is 12.4 Å². The maximum absolute atomic E-state index is 11.6. The third kappa shape index (κ3) is 4.17. The van der Waals surface area contributed by atoms with Crippen molar-refractivity contribution in [3.63, 3.8) is 0 Å². The van der Waals surface area contributed by atoms with Crippen molar-refractivity contribution in [1.29, 1.82) is 0 Å². The van der Waals surface area contributed by atoms with E-state index >= 15 is 0 Å². The Labute approximate surface area is 143 Å². The molecule has 0 atom stereocenters. The van der Waals surface area contributed by atoms with Crippen LogP contribution in [-0.4, -0.2) is 28.6 Å². The van der Waals surface area contributed by atoms with Gasteiger partial charge in [0.05, 0.1) is 12.4 Å². The standard InChI is InChI=1S/C18H15N5O2/c24-17-8-7-14-5-1-2-6-15(14)16(17)12-21-23-18(25)22-20-11-13-4-3-9-19-10-13/h1-12,24H,(H2,22,23,25)/b20-11+,21-12+. The van der Waals surface area contributed by atoms with Gasteiger partial charge in [-0.3, -0.25) is 4.98 Å². The van der Waals surface area contributed by atoms with E-state index in [1.54, 1.807) is 30.6 Å². The SMILES string of the molecule is O=C(N/N=C/c1cccnc1)N/N=C/c1c(O)ccc2ccccc12. The number of nitrogens with zero attached hydrogens (tertiary/aromatic N) is 3. The van der Waals surface area contributed by atoms with Crippen LogP contribution < -0.4 is 10.9 Å². The van der Waals surface area contributed by atoms with Gasteiger partial charge in [0.25, 0.3) is 0 Å². The molecule has 0 aliphatic rings. The Morgan fingerprint density at radius 1 is 1.00 bits per heavy atom. The van der Waals surface area contributed by atoms with E-state index in [-0.39, 0.29) is 5.75 Å². The van der Waals surface area contributed by atoms with Crippen LogP contribution in [0.5, 0.6) is 5.75 Å². The van der Waals surface area contributed by atoms with E-state index in [4.69, 9.17) is 0 Å². The van der Waals surface area contributed by atoms with Crippen molar-refractivity contribution in [3.05, 3.63) is 72.1 Å². The fourth-order valence-electron chi connectivity index (χ4n) is 2.22. The minimum atomic E-state index is -0.601. The van der Waals surface area contributed by atoms with Crippen molar-refractivity contribution in [2.45, 2.75) is 0 Å². The fraction of sp³-hybridized carbons (Fsp3) is 0. The molecule has 3 N–H and O–H groups in total. The first-order valence-electron chi connectivity index (χ1n) is 7.47. The summed E-state index contributed by atoms with van der Waals surface area (Å²) in [5.74, 6) is 0.0826. The van der Waals surface area contributed by atoms with E-state index in [9.17, 15) is 9.90 Å². The number of phenols is 1. The zero-order chi connectivity index (χ0) is 17.5. The zero-order valence-electron chi connectivity index (χ0n) is 13.1. The highest BCUT2D eigenvalue weighted by Gasteiger charge is 2.04. The van der Waals surface area contributed by atoms with Crippen LogP contribution in [0.2, 0.25) is 0 Å². The molecule has 0 saturated heterocycles. The van der Waals surface area contributed by atoms with Gasteiger partial charge >= 0.3 is 6.03 Å². The van der Waals surface area contributed by atoms with Gasteiger partial charge in [0, 0.05) is 23.5 Å². The van der Waals surface area contributed by atoms with Gasteiger partial charge < -0.3 is 5.11 Å². The van der Waals surface area contributed by atoms with Gasteiger partial charge in [-0.2, -0.15) is 10.2 Å². The molecule has 7 heteroatoms. The Kier molecular flexibility index (Phi) is 4.96. The molecular weight excluding hydrogens is 318 g/mol. The number of aromatic nitrogens is 1. The normalized spacial score (nSPS) is 11.2. The van der Waals surface area contributed by atoms with Crippen molar-refractivity contribution in [1.82, 2.24) is 15.8 Å². The molecule has 2 aromatic carbocycles. The van der Waals surface area contributed by atoms with Gasteiger partial charge in [-0.15, -0.1) is 0 Å². The highest BCUT2D eigenvalue weighted by Crippen LogP contribution is 2.25. The van der Waals surface area contributed by atoms with Crippen molar-refractivity contribution in [2.75, 3.05) is 0 Å². The van der Waals surface area contributed by atoms with Crippen LogP contribution in [0.1, 0.15) is 11.1 Å². The van der Waals surface area contributed by atoms with Crippen LogP contribution in [0.4, 0.5) is 4.79 Å². The molecule has 0 aliphatic heterocycles. The molecule has 2 amide bonds. The molecule has 0 radical (unpaired) electrons. The summed E-state index contributed by atoms with van der Waals surface area (Å²) in [6.07, 6.45) is 6.12. The van der Waals surface area contributed by atoms with Gasteiger partial charge in [0.1, 0.15) is 5.75 Å². The topological polar surface area (TPSA) is 99.0 Å². The number of urea groups is 1. The molecule has 0 unspecified atom stereocenters. The van der Waals surface area contributed by atoms with Crippen molar-refractivity contribution < 1.29 is 9.90 Å². The number of pyridine rings is 1. The van der Waals surface area contributed by atoms with Crippen LogP contribution in [0.25, 0.3) is 10.8 Å². The predicted molar refractivity (Wildman–Crippen MR) is 96.7 cm³/mol. The van der Waals surface area contributed by atoms with Crippen LogP contribution >= 0.6 is 0 Å². The minimum absolute atomic E-state index is 0.0826. The second-order valence-corrected chi connectivity index (χ2v) is 5.07. The number of carbonyl (C=O) groups is 1. The van der Waals surface area contributed by atoms with Crippen LogP contribution in [0.3, 0.4) is 0 Å². The van der Waals surface area contributed by atoms with Crippen LogP contribution in [0, 0.1) is 0 Å². The lowest BCUT2D eigenvalue weighted by molar-refractivity contribution is 0.242. The molecular formula is C18H15N5O2. The first-order chi connectivity index (χ1) is 12.2. The second kappa shape index (κ2) is 7.69. The average Bonchev–Trinajstić information content (AvgIpc) is 2.64. The number of phenolic OH excluding ortho intramolecular Hbond substituents is 1. The monoisotopic (exact) mass is 333 g/mol. The lowest BCUT2D eigenvalue weighted by Crippen LogP contribution is -2.28. The maximum Gasteiger partial charge on any atom is 0.355 e. The third-order valence-corrected chi connectivity index (χ3v) is 3.37. The molecule has 25 heavy (non-hydrogen) atoms. The van der Waals surface area contributed by atoms with E-state index in [2.05, 4.69) is 26.0 Å². The zero-order valence-corrected chi connectivity index (χ0v) is 13.1. The molecule has 7 nitrogen and oxygen atoms in total. The predicted octanol–water partition coefficient (Wildman–Crippen LogP) is 2.61. The third-order valence-electron chi connectivity index (χ3n) is 3.37. The Morgan fingerprint density at radius 3 is 2.60 bits per heavy atom. The second-order valence-electron chi connectivity index (χ2n) is 5.07. The average molecular weight is 333 g/mol. The van der Waals surface area contributed by atoms with Gasteiger partial charge in [-0.25, -0.2) is 15.6 Å². The van der Waals surface area contributed by atoms with Crippen molar-refractivity contribution in [2.24, 2.45) is 10.2 Å². The molecule has 1 heterocycles. The van der Waals surface area contributed by atoms with Crippen molar-refractivity contribution >= 4 is 29.2 Å². The molecule has 0 spiro atoms. The lowest BCUT2D eigenvalue weighted by atomic mass is 10.0. The lowest BCUT2D eigenvalue weighted by Gasteiger charge is -2.04. The summed E-state index contributed by atoms with van der Waals surface area (Å²) in [5.41, 5.74) is 5.85. The number of hydrogen-bond acceptors (Lipinski definition) is 5. The van der Waals surface area contributed by atoms with Crippen LogP contribution in [-0.2, 0) is 0 Å². The summed E-state index contributed by atoms with van der Waals surface area (Å²) in [6.45, 7) is 0. The van der Waals surface area contributed by atoms with E-state index < -0.39 is 6.03 Å². The van der Waals surface area contributed by atoms with Gasteiger partial charge in [0.2, 0.25) is 0 Å². The molecule has 0 aliphatic carbocycles. The first kappa shape index (κ1) is 16.1. The number of benzene rings is 2. The van der Waals surface area contributed by atoms with Gasteiger partial charge in [-0.05, 0) is 22.9 Å². The number of rotatable bonds is 4. The molecule has 3 rings (SSSR count). The Hall–Kier alpha value is -3.74. The van der Waals surface area contributed by atoms with Gasteiger partial charge in [-0.1, -0.05) is 36.4 Å². The quantitative estimate of drug-likeness (QED) is 0.505. The summed E-state index contributed by atoms with van der Waals surface area (Å²) in [7, 11) is 0. The number of fused-ring (bicyclic) bond motifs is 1. The molecule has 0 fully saturated rings. The first-order valence-corrected chi connectivity index (χ1v) is 7.47. The minimum Gasteiger partial charge on any atom is -0.507 e. The van der Waals surface area contributed by atoms with Gasteiger partial charge in [0.15, 0.2) is 0 Å². The smallest absolute Gasteiger partial charge is 0.355 e. The van der Waals surface area contributed by atoms with Crippen molar-refractivity contribution in [3.8, 4) is 5.75 Å². The number of hydrazone groups is 2. The Morgan fingerprint density at radius 2 is 1.80 bits per heavy atom. The van der Waals surface area contributed by atoms with E-state index in [0.717, 1.165) is 16.3 Å². The molecule has 0 bridgehead atoms. The summed E-state index contributed by atoms with van der Waals surface area (Å²) in [5, 5.41) is 19.4. The Bertz CT molecular complexity index is 939. The molecule has 3 aromatic rings. The van der Waals surface area contributed by atoms with E-state index in [0.29, 0.717) is 5.56 Å². The number of nitrogens with one attached hydrogen (secondary N) is 2. The Balaban J connectivity index is 1.63. The number of hydrogen-bond donors (Lipinski definition) is 3. The molecule has 0 saturated carbocycles. The maximum atomic E-state index is 11.6. The highest BCUT2D eigenvalue weighted by molar-refractivity contribution is 6.02. The summed E-state index contributed by atoms with van der Waals surface area (Å²) in [6, 6.07) is 13.9. The summed E-state index contributed by atoms with van der Waals surface area (Å²) < 4.78 is 0. The largest absolute Gasteiger partial charge is 0.507 e. The van der Waals surface area contributed by atoms with Crippen LogP contribution in [0.15, 0.2) is 71.1 Å². The van der Waals surface area contributed by atoms with E-state index in [1.807, 2.05) is 30.3 Å². The highest BCUT2D eigenvalue weighted by atomic mass is 16.3. The number of aromatic hydroxyl groups is 1.